The topological polar surface area (TPSA) is 70.2 Å². The highest BCUT2D eigenvalue weighted by molar-refractivity contribution is 5.74. The van der Waals surface area contributed by atoms with Gasteiger partial charge in [-0.3, -0.25) is 9.97 Å². The van der Waals surface area contributed by atoms with Crippen molar-refractivity contribution in [3.63, 3.8) is 0 Å². The van der Waals surface area contributed by atoms with E-state index < -0.39 is 0 Å². The van der Waals surface area contributed by atoms with E-state index in [2.05, 4.69) is 27.5 Å². The number of aryl methyl sites for hydroxylation is 1. The van der Waals surface area contributed by atoms with Gasteiger partial charge in [0.2, 0.25) is 0 Å². The molecule has 6 heteroatoms. The van der Waals surface area contributed by atoms with Gasteiger partial charge in [-0.1, -0.05) is 13.0 Å². The first-order valence-corrected chi connectivity index (χ1v) is 8.18. The Bertz CT molecular complexity index is 647. The highest BCUT2D eigenvalue weighted by Crippen LogP contribution is 2.21. The lowest BCUT2D eigenvalue weighted by atomic mass is 10.1. The van der Waals surface area contributed by atoms with E-state index in [1.807, 2.05) is 44.6 Å². The average molecular weight is 327 g/mol. The van der Waals surface area contributed by atoms with Gasteiger partial charge in [0.15, 0.2) is 0 Å². The molecule has 2 heterocycles. The minimum Gasteiger partial charge on any atom is -0.383 e. The molecule has 2 aromatic rings. The molecule has 0 bridgehead atoms. The summed E-state index contributed by atoms with van der Waals surface area (Å²) in [6, 6.07) is 5.76. The number of carbonyl (C=O) groups is 1. The van der Waals surface area contributed by atoms with Crippen LogP contribution in [-0.4, -0.2) is 41.0 Å². The predicted molar refractivity (Wildman–Crippen MR) is 95.9 cm³/mol. The van der Waals surface area contributed by atoms with Gasteiger partial charge in [0.05, 0.1) is 6.04 Å². The molecule has 1 atom stereocenters. The number of pyridine rings is 2. The van der Waals surface area contributed by atoms with Gasteiger partial charge in [0, 0.05) is 50.6 Å². The van der Waals surface area contributed by atoms with Crippen LogP contribution < -0.4 is 10.6 Å². The standard InChI is InChI=1S/C18H25N5O/c1-4-17(15-6-5-8-19-13-15)23(3)18(24)22-11-10-21-16-7-9-20-12-14(16)2/h5-9,12-13,17H,4,10-11H2,1-3H3,(H,20,21)(H,22,24)/t17-/m1/s1. The van der Waals surface area contributed by atoms with Crippen LogP contribution in [0.2, 0.25) is 0 Å². The molecule has 0 saturated carbocycles. The molecule has 24 heavy (non-hydrogen) atoms. The lowest BCUT2D eigenvalue weighted by Gasteiger charge is -2.27. The van der Waals surface area contributed by atoms with Gasteiger partial charge in [0.1, 0.15) is 0 Å². The normalized spacial score (nSPS) is 11.6. The van der Waals surface area contributed by atoms with Gasteiger partial charge in [-0.15, -0.1) is 0 Å². The third-order valence-electron chi connectivity index (χ3n) is 3.98. The van der Waals surface area contributed by atoms with Crippen LogP contribution in [-0.2, 0) is 0 Å². The van der Waals surface area contributed by atoms with Crippen molar-refractivity contribution in [3.05, 3.63) is 54.1 Å². The molecule has 0 spiro atoms. The number of aromatic nitrogens is 2. The summed E-state index contributed by atoms with van der Waals surface area (Å²) in [4.78, 5) is 22.3. The van der Waals surface area contributed by atoms with Crippen molar-refractivity contribution in [2.45, 2.75) is 26.3 Å². The third-order valence-corrected chi connectivity index (χ3v) is 3.98. The van der Waals surface area contributed by atoms with Gasteiger partial charge in [-0.2, -0.15) is 0 Å². The molecule has 2 N–H and O–H groups in total. The Morgan fingerprint density at radius 2 is 2.00 bits per heavy atom. The fraction of sp³-hybridized carbons (Fsp3) is 0.389. The number of nitrogens with zero attached hydrogens (tertiary/aromatic N) is 3. The molecule has 0 saturated heterocycles. The van der Waals surface area contributed by atoms with Crippen LogP contribution in [0.25, 0.3) is 0 Å². The smallest absolute Gasteiger partial charge is 0.317 e. The summed E-state index contributed by atoms with van der Waals surface area (Å²) in [6.45, 7) is 5.28. The second-order valence-electron chi connectivity index (χ2n) is 5.67. The highest BCUT2D eigenvalue weighted by atomic mass is 16.2. The Morgan fingerprint density at radius 1 is 1.21 bits per heavy atom. The molecule has 0 radical (unpaired) electrons. The van der Waals surface area contributed by atoms with Crippen molar-refractivity contribution in [3.8, 4) is 0 Å². The van der Waals surface area contributed by atoms with E-state index in [4.69, 9.17) is 0 Å². The fourth-order valence-electron chi connectivity index (χ4n) is 2.61. The molecule has 0 aliphatic rings. The van der Waals surface area contributed by atoms with Crippen LogP contribution in [0.3, 0.4) is 0 Å². The van der Waals surface area contributed by atoms with E-state index in [9.17, 15) is 4.79 Å². The number of rotatable bonds is 7. The van der Waals surface area contributed by atoms with Gasteiger partial charge < -0.3 is 15.5 Å². The summed E-state index contributed by atoms with van der Waals surface area (Å²) in [7, 11) is 1.82. The number of urea groups is 1. The monoisotopic (exact) mass is 327 g/mol. The van der Waals surface area contributed by atoms with Crippen LogP contribution in [0, 0.1) is 6.92 Å². The van der Waals surface area contributed by atoms with Gasteiger partial charge in [-0.05, 0) is 36.6 Å². The highest BCUT2D eigenvalue weighted by Gasteiger charge is 2.19. The number of carbonyl (C=O) groups excluding carboxylic acids is 1. The van der Waals surface area contributed by atoms with Crippen molar-refractivity contribution in [2.75, 3.05) is 25.5 Å². The number of hydrogen-bond acceptors (Lipinski definition) is 4. The lowest BCUT2D eigenvalue weighted by Crippen LogP contribution is -2.41. The van der Waals surface area contributed by atoms with Crippen molar-refractivity contribution in [1.29, 1.82) is 0 Å². The van der Waals surface area contributed by atoms with E-state index in [0.717, 1.165) is 23.2 Å². The molecule has 2 aromatic heterocycles. The number of amides is 2. The molecule has 2 amide bonds. The zero-order valence-corrected chi connectivity index (χ0v) is 14.5. The van der Waals surface area contributed by atoms with Crippen molar-refractivity contribution in [1.82, 2.24) is 20.2 Å². The van der Waals surface area contributed by atoms with E-state index in [-0.39, 0.29) is 12.1 Å². The van der Waals surface area contributed by atoms with E-state index in [1.165, 1.54) is 0 Å². The number of hydrogen-bond donors (Lipinski definition) is 2. The van der Waals surface area contributed by atoms with Crippen molar-refractivity contribution in [2.24, 2.45) is 0 Å². The summed E-state index contributed by atoms with van der Waals surface area (Å²) in [5.74, 6) is 0. The molecule has 0 unspecified atom stereocenters. The Balaban J connectivity index is 1.82. The molecule has 6 nitrogen and oxygen atoms in total. The first kappa shape index (κ1) is 17.7. The first-order valence-electron chi connectivity index (χ1n) is 8.18. The van der Waals surface area contributed by atoms with Gasteiger partial charge in [0.25, 0.3) is 0 Å². The van der Waals surface area contributed by atoms with Crippen LogP contribution in [0.15, 0.2) is 43.0 Å². The maximum absolute atomic E-state index is 12.4. The molecular formula is C18H25N5O. The Morgan fingerprint density at radius 3 is 2.67 bits per heavy atom. The number of nitrogens with one attached hydrogen (secondary N) is 2. The SMILES string of the molecule is CC[C@H](c1cccnc1)N(C)C(=O)NCCNc1ccncc1C. The minimum atomic E-state index is -0.0843. The summed E-state index contributed by atoms with van der Waals surface area (Å²) >= 11 is 0. The van der Waals surface area contributed by atoms with Gasteiger partial charge in [-0.25, -0.2) is 4.79 Å². The second-order valence-corrected chi connectivity index (χ2v) is 5.67. The van der Waals surface area contributed by atoms with E-state index in [0.29, 0.717) is 13.1 Å². The quantitative estimate of drug-likeness (QED) is 0.767. The van der Waals surface area contributed by atoms with E-state index in [1.54, 1.807) is 17.3 Å². The zero-order chi connectivity index (χ0) is 17.4. The molecule has 0 aliphatic heterocycles. The predicted octanol–water partition coefficient (Wildman–Crippen LogP) is 2.99. The Kier molecular flexibility index (Phi) is 6.54. The van der Waals surface area contributed by atoms with Crippen LogP contribution >= 0.6 is 0 Å². The summed E-state index contributed by atoms with van der Waals surface area (Å²) < 4.78 is 0. The summed E-state index contributed by atoms with van der Waals surface area (Å²) in [5.41, 5.74) is 3.17. The Hall–Kier alpha value is -2.63. The van der Waals surface area contributed by atoms with E-state index >= 15 is 0 Å². The summed E-state index contributed by atoms with van der Waals surface area (Å²) in [5, 5.41) is 6.24. The maximum atomic E-state index is 12.4. The second kappa shape index (κ2) is 8.86. The first-order chi connectivity index (χ1) is 11.6. The molecule has 0 aliphatic carbocycles. The lowest BCUT2D eigenvalue weighted by molar-refractivity contribution is 0.189. The largest absolute Gasteiger partial charge is 0.383 e. The van der Waals surface area contributed by atoms with Crippen LogP contribution in [0.4, 0.5) is 10.5 Å². The fourth-order valence-corrected chi connectivity index (χ4v) is 2.61. The third kappa shape index (κ3) is 4.68. The minimum absolute atomic E-state index is 0.0223. The van der Waals surface area contributed by atoms with Crippen molar-refractivity contribution >= 4 is 11.7 Å². The maximum Gasteiger partial charge on any atom is 0.317 e. The molecule has 0 fully saturated rings. The Labute approximate surface area is 143 Å². The molecule has 0 aromatic carbocycles. The summed E-state index contributed by atoms with van der Waals surface area (Å²) in [6.07, 6.45) is 7.95. The molecule has 128 valence electrons. The molecule has 2 rings (SSSR count). The number of anilines is 1. The molecular weight excluding hydrogens is 302 g/mol. The van der Waals surface area contributed by atoms with Gasteiger partial charge >= 0.3 is 6.03 Å². The zero-order valence-electron chi connectivity index (χ0n) is 14.5. The van der Waals surface area contributed by atoms with Crippen LogP contribution in [0.5, 0.6) is 0 Å². The van der Waals surface area contributed by atoms with Crippen LogP contribution in [0.1, 0.15) is 30.5 Å². The average Bonchev–Trinajstić information content (AvgIpc) is 2.61. The van der Waals surface area contributed by atoms with Crippen molar-refractivity contribution < 1.29 is 4.79 Å².